The zero-order valence-electron chi connectivity index (χ0n) is 10.1. The average molecular weight is 221 g/mol. The van der Waals surface area contributed by atoms with Crippen molar-refractivity contribution in [3.8, 4) is 11.5 Å². The van der Waals surface area contributed by atoms with Crippen molar-refractivity contribution in [1.82, 2.24) is 0 Å². The first-order chi connectivity index (χ1) is 7.78. The van der Waals surface area contributed by atoms with E-state index in [4.69, 9.17) is 15.2 Å². The van der Waals surface area contributed by atoms with Crippen molar-refractivity contribution in [2.45, 2.75) is 13.3 Å². The van der Waals surface area contributed by atoms with Crippen LogP contribution in [-0.4, -0.2) is 20.8 Å². The summed E-state index contributed by atoms with van der Waals surface area (Å²) in [6, 6.07) is 3.93. The summed E-state index contributed by atoms with van der Waals surface area (Å²) in [6.07, 6.45) is 4.84. The molecule has 0 unspecified atom stereocenters. The van der Waals surface area contributed by atoms with Gasteiger partial charge < -0.3 is 15.2 Å². The SMILES string of the molecule is CCc1c(/C=C/CN)ccc(OC)c1OC. The Morgan fingerprint density at radius 1 is 1.25 bits per heavy atom. The van der Waals surface area contributed by atoms with E-state index in [2.05, 4.69) is 6.92 Å². The third-order valence-electron chi connectivity index (χ3n) is 2.47. The van der Waals surface area contributed by atoms with Crippen molar-refractivity contribution >= 4 is 6.08 Å². The lowest BCUT2D eigenvalue weighted by Crippen LogP contribution is -1.98. The summed E-state index contributed by atoms with van der Waals surface area (Å²) in [4.78, 5) is 0. The molecule has 0 aliphatic carbocycles. The number of rotatable bonds is 5. The van der Waals surface area contributed by atoms with Gasteiger partial charge in [-0.25, -0.2) is 0 Å². The van der Waals surface area contributed by atoms with Crippen molar-refractivity contribution in [1.29, 1.82) is 0 Å². The van der Waals surface area contributed by atoms with E-state index in [1.54, 1.807) is 14.2 Å². The molecule has 0 atom stereocenters. The molecular weight excluding hydrogens is 202 g/mol. The van der Waals surface area contributed by atoms with Gasteiger partial charge in [0.15, 0.2) is 11.5 Å². The molecule has 0 aliphatic rings. The fourth-order valence-electron chi connectivity index (χ4n) is 1.72. The third kappa shape index (κ3) is 2.55. The fraction of sp³-hybridized carbons (Fsp3) is 0.385. The standard InChI is InChI=1S/C13H19NO2/c1-4-11-10(6-5-9-14)7-8-12(15-2)13(11)16-3/h5-8H,4,9,14H2,1-3H3/b6-5+. The van der Waals surface area contributed by atoms with Crippen molar-refractivity contribution in [3.05, 3.63) is 29.3 Å². The molecule has 16 heavy (non-hydrogen) atoms. The monoisotopic (exact) mass is 221 g/mol. The topological polar surface area (TPSA) is 44.5 Å². The normalized spacial score (nSPS) is 10.8. The van der Waals surface area contributed by atoms with Gasteiger partial charge in [0.1, 0.15) is 0 Å². The lowest BCUT2D eigenvalue weighted by Gasteiger charge is -2.14. The smallest absolute Gasteiger partial charge is 0.164 e. The molecule has 0 amide bonds. The maximum absolute atomic E-state index is 5.45. The molecule has 0 spiro atoms. The number of nitrogens with two attached hydrogens (primary N) is 1. The third-order valence-corrected chi connectivity index (χ3v) is 2.47. The van der Waals surface area contributed by atoms with Crippen LogP contribution in [0.3, 0.4) is 0 Å². The van der Waals surface area contributed by atoms with Gasteiger partial charge in [-0.1, -0.05) is 25.1 Å². The number of methoxy groups -OCH3 is 2. The molecule has 0 saturated carbocycles. The molecule has 0 radical (unpaired) electrons. The van der Waals surface area contributed by atoms with Gasteiger partial charge in [0.25, 0.3) is 0 Å². The highest BCUT2D eigenvalue weighted by Gasteiger charge is 2.11. The predicted octanol–water partition coefficient (Wildman–Crippen LogP) is 2.24. The first-order valence-electron chi connectivity index (χ1n) is 5.38. The van der Waals surface area contributed by atoms with Gasteiger partial charge in [0.2, 0.25) is 0 Å². The summed E-state index contributed by atoms with van der Waals surface area (Å²) in [7, 11) is 3.31. The van der Waals surface area contributed by atoms with Crippen LogP contribution in [0.1, 0.15) is 18.1 Å². The maximum atomic E-state index is 5.45. The first-order valence-corrected chi connectivity index (χ1v) is 5.38. The van der Waals surface area contributed by atoms with Crippen LogP contribution in [0.25, 0.3) is 6.08 Å². The second kappa shape index (κ2) is 6.18. The molecule has 0 bridgehead atoms. The lowest BCUT2D eigenvalue weighted by molar-refractivity contribution is 0.352. The van der Waals surface area contributed by atoms with E-state index >= 15 is 0 Å². The molecule has 0 aromatic heterocycles. The highest BCUT2D eigenvalue weighted by atomic mass is 16.5. The zero-order chi connectivity index (χ0) is 12.0. The molecule has 0 heterocycles. The van der Waals surface area contributed by atoms with Crippen LogP contribution in [-0.2, 0) is 6.42 Å². The lowest BCUT2D eigenvalue weighted by atomic mass is 10.0. The van der Waals surface area contributed by atoms with E-state index in [1.807, 2.05) is 24.3 Å². The molecule has 1 aromatic rings. The van der Waals surface area contributed by atoms with Gasteiger partial charge in [0, 0.05) is 12.1 Å². The molecule has 0 fully saturated rings. The quantitative estimate of drug-likeness (QED) is 0.829. The van der Waals surface area contributed by atoms with Crippen LogP contribution in [0, 0.1) is 0 Å². The van der Waals surface area contributed by atoms with Crippen LogP contribution in [0.5, 0.6) is 11.5 Å². The van der Waals surface area contributed by atoms with Crippen LogP contribution < -0.4 is 15.2 Å². The minimum atomic E-state index is 0.539. The van der Waals surface area contributed by atoms with E-state index in [-0.39, 0.29) is 0 Å². The Morgan fingerprint density at radius 3 is 2.50 bits per heavy atom. The summed E-state index contributed by atoms with van der Waals surface area (Å²) >= 11 is 0. The Morgan fingerprint density at radius 2 is 2.00 bits per heavy atom. The van der Waals surface area contributed by atoms with Gasteiger partial charge in [-0.2, -0.15) is 0 Å². The highest BCUT2D eigenvalue weighted by molar-refractivity contribution is 5.62. The Kier molecular flexibility index (Phi) is 4.86. The summed E-state index contributed by atoms with van der Waals surface area (Å²) in [5.74, 6) is 1.58. The fourth-order valence-corrected chi connectivity index (χ4v) is 1.72. The summed E-state index contributed by atoms with van der Waals surface area (Å²) < 4.78 is 10.7. The number of hydrogen-bond acceptors (Lipinski definition) is 3. The van der Waals surface area contributed by atoms with E-state index in [9.17, 15) is 0 Å². The maximum Gasteiger partial charge on any atom is 0.164 e. The highest BCUT2D eigenvalue weighted by Crippen LogP contribution is 2.34. The van der Waals surface area contributed by atoms with Crippen LogP contribution in [0.2, 0.25) is 0 Å². The van der Waals surface area contributed by atoms with Crippen molar-refractivity contribution in [2.75, 3.05) is 20.8 Å². The first kappa shape index (κ1) is 12.6. The number of benzene rings is 1. The second-order valence-corrected chi connectivity index (χ2v) is 3.36. The Labute approximate surface area is 96.9 Å². The Hall–Kier alpha value is -1.48. The zero-order valence-corrected chi connectivity index (χ0v) is 10.1. The molecule has 3 heteroatoms. The summed E-state index contributed by atoms with van der Waals surface area (Å²) in [6.45, 7) is 2.63. The second-order valence-electron chi connectivity index (χ2n) is 3.36. The average Bonchev–Trinajstić information content (AvgIpc) is 2.34. The minimum Gasteiger partial charge on any atom is -0.493 e. The predicted molar refractivity (Wildman–Crippen MR) is 67.0 cm³/mol. The van der Waals surface area contributed by atoms with Crippen molar-refractivity contribution in [2.24, 2.45) is 5.73 Å². The van der Waals surface area contributed by atoms with Gasteiger partial charge in [-0.05, 0) is 18.1 Å². The molecule has 1 aromatic carbocycles. The molecule has 1 rings (SSSR count). The van der Waals surface area contributed by atoms with E-state index in [0.29, 0.717) is 6.54 Å². The molecule has 0 aliphatic heterocycles. The van der Waals surface area contributed by atoms with Crippen LogP contribution >= 0.6 is 0 Å². The van der Waals surface area contributed by atoms with Gasteiger partial charge >= 0.3 is 0 Å². The van der Waals surface area contributed by atoms with E-state index < -0.39 is 0 Å². The van der Waals surface area contributed by atoms with Crippen LogP contribution in [0.15, 0.2) is 18.2 Å². The molecule has 0 saturated heterocycles. The number of ether oxygens (including phenoxy) is 2. The van der Waals surface area contributed by atoms with Gasteiger partial charge in [-0.15, -0.1) is 0 Å². The van der Waals surface area contributed by atoms with Crippen LogP contribution in [0.4, 0.5) is 0 Å². The molecular formula is C13H19NO2. The van der Waals surface area contributed by atoms with E-state index in [0.717, 1.165) is 29.0 Å². The Balaban J connectivity index is 3.25. The van der Waals surface area contributed by atoms with Crippen molar-refractivity contribution in [3.63, 3.8) is 0 Å². The molecule has 3 nitrogen and oxygen atoms in total. The van der Waals surface area contributed by atoms with Gasteiger partial charge in [-0.3, -0.25) is 0 Å². The van der Waals surface area contributed by atoms with Crippen molar-refractivity contribution < 1.29 is 9.47 Å². The summed E-state index contributed by atoms with van der Waals surface area (Å²) in [5, 5.41) is 0. The number of hydrogen-bond donors (Lipinski definition) is 1. The Bertz CT molecular complexity index is 372. The minimum absolute atomic E-state index is 0.539. The summed E-state index contributed by atoms with van der Waals surface area (Å²) in [5.41, 5.74) is 7.73. The molecule has 88 valence electrons. The molecule has 2 N–H and O–H groups in total. The largest absolute Gasteiger partial charge is 0.493 e. The van der Waals surface area contributed by atoms with E-state index in [1.165, 1.54) is 0 Å². The van der Waals surface area contributed by atoms with Gasteiger partial charge in [0.05, 0.1) is 14.2 Å².